The Kier molecular flexibility index (Phi) is 7.42. The summed E-state index contributed by atoms with van der Waals surface area (Å²) in [7, 11) is 0. The van der Waals surface area contributed by atoms with E-state index in [2.05, 4.69) is 43.0 Å². The SMILES string of the molecule is C=CCn1c(SCC(=O)Nc2ccc(Br)cn2)nnc1-c1ccc(OCC)cc1. The molecule has 0 aliphatic heterocycles. The van der Waals surface area contributed by atoms with E-state index in [0.717, 1.165) is 15.8 Å². The van der Waals surface area contributed by atoms with Crippen LogP contribution in [0.2, 0.25) is 0 Å². The number of rotatable bonds is 9. The van der Waals surface area contributed by atoms with Crippen molar-refractivity contribution in [2.24, 2.45) is 0 Å². The van der Waals surface area contributed by atoms with E-state index in [1.54, 1.807) is 18.3 Å². The third kappa shape index (κ3) is 5.68. The number of carbonyl (C=O) groups excluding carboxylic acids is 1. The number of thioether (sulfide) groups is 1. The maximum atomic E-state index is 12.2. The van der Waals surface area contributed by atoms with Gasteiger partial charge >= 0.3 is 0 Å². The lowest BCUT2D eigenvalue weighted by molar-refractivity contribution is -0.113. The van der Waals surface area contributed by atoms with E-state index in [0.29, 0.717) is 30.0 Å². The summed E-state index contributed by atoms with van der Waals surface area (Å²) >= 11 is 4.63. The first-order valence-electron chi connectivity index (χ1n) is 8.92. The third-order valence-electron chi connectivity index (χ3n) is 3.78. The standard InChI is InChI=1S/C20H20BrN5O2S/c1-3-11-26-19(14-5-8-16(9-6-14)28-4-2)24-25-20(26)29-13-18(27)23-17-10-7-15(21)12-22-17/h3,5-10,12H,1,4,11,13H2,2H3,(H,22,23,27). The number of halogens is 1. The van der Waals surface area contributed by atoms with Crippen LogP contribution in [0.5, 0.6) is 5.75 Å². The van der Waals surface area contributed by atoms with Crippen molar-refractivity contribution in [3.63, 3.8) is 0 Å². The van der Waals surface area contributed by atoms with Crippen molar-refractivity contribution >= 4 is 39.4 Å². The molecule has 29 heavy (non-hydrogen) atoms. The van der Waals surface area contributed by atoms with Crippen LogP contribution in [0.25, 0.3) is 11.4 Å². The Morgan fingerprint density at radius 3 is 2.72 bits per heavy atom. The quantitative estimate of drug-likeness (QED) is 0.365. The van der Waals surface area contributed by atoms with Gasteiger partial charge < -0.3 is 10.1 Å². The van der Waals surface area contributed by atoms with Crippen molar-refractivity contribution in [3.05, 3.63) is 59.7 Å². The van der Waals surface area contributed by atoms with Crippen molar-refractivity contribution in [2.45, 2.75) is 18.6 Å². The molecular weight excluding hydrogens is 454 g/mol. The average molecular weight is 474 g/mol. The molecule has 2 heterocycles. The smallest absolute Gasteiger partial charge is 0.236 e. The fourth-order valence-corrected chi connectivity index (χ4v) is 3.51. The van der Waals surface area contributed by atoms with Crippen LogP contribution in [0.15, 0.2) is 64.9 Å². The minimum atomic E-state index is -0.166. The lowest BCUT2D eigenvalue weighted by atomic mass is 10.2. The summed E-state index contributed by atoms with van der Waals surface area (Å²) in [6.45, 7) is 6.91. The van der Waals surface area contributed by atoms with E-state index in [1.807, 2.05) is 41.8 Å². The molecule has 0 aliphatic carbocycles. The van der Waals surface area contributed by atoms with Gasteiger partial charge in [0.25, 0.3) is 0 Å². The average Bonchev–Trinajstić information content (AvgIpc) is 3.12. The van der Waals surface area contributed by atoms with Gasteiger partial charge in [-0.25, -0.2) is 4.98 Å². The predicted molar refractivity (Wildman–Crippen MR) is 118 cm³/mol. The normalized spacial score (nSPS) is 10.6. The zero-order valence-electron chi connectivity index (χ0n) is 15.8. The van der Waals surface area contributed by atoms with Gasteiger partial charge in [-0.15, -0.1) is 16.8 Å². The van der Waals surface area contributed by atoms with Gasteiger partial charge in [0, 0.05) is 22.8 Å². The van der Waals surface area contributed by atoms with Crippen LogP contribution in [0, 0.1) is 0 Å². The lowest BCUT2D eigenvalue weighted by Gasteiger charge is -2.09. The Morgan fingerprint density at radius 1 is 1.28 bits per heavy atom. The number of nitrogens with zero attached hydrogens (tertiary/aromatic N) is 4. The molecule has 0 atom stereocenters. The van der Waals surface area contributed by atoms with Crippen molar-refractivity contribution in [2.75, 3.05) is 17.7 Å². The summed E-state index contributed by atoms with van der Waals surface area (Å²) in [6, 6.07) is 11.2. The molecule has 1 N–H and O–H groups in total. The van der Waals surface area contributed by atoms with Gasteiger partial charge in [-0.05, 0) is 59.3 Å². The van der Waals surface area contributed by atoms with Crippen molar-refractivity contribution in [1.29, 1.82) is 0 Å². The van der Waals surface area contributed by atoms with Crippen LogP contribution in [-0.4, -0.2) is 38.0 Å². The molecular formula is C20H20BrN5O2S. The minimum Gasteiger partial charge on any atom is -0.494 e. The van der Waals surface area contributed by atoms with Crippen LogP contribution >= 0.6 is 27.7 Å². The van der Waals surface area contributed by atoms with E-state index < -0.39 is 0 Å². The molecule has 0 saturated carbocycles. The molecule has 1 amide bonds. The molecule has 0 fully saturated rings. The van der Waals surface area contributed by atoms with Crippen molar-refractivity contribution in [1.82, 2.24) is 19.7 Å². The minimum absolute atomic E-state index is 0.166. The topological polar surface area (TPSA) is 81.9 Å². The molecule has 0 unspecified atom stereocenters. The van der Waals surface area contributed by atoms with Gasteiger partial charge in [0.2, 0.25) is 5.91 Å². The fourth-order valence-electron chi connectivity index (χ4n) is 2.53. The number of pyridine rings is 1. The van der Waals surface area contributed by atoms with E-state index in [-0.39, 0.29) is 11.7 Å². The largest absolute Gasteiger partial charge is 0.494 e. The lowest BCUT2D eigenvalue weighted by Crippen LogP contribution is -2.15. The molecule has 0 spiro atoms. The van der Waals surface area contributed by atoms with E-state index >= 15 is 0 Å². The number of benzene rings is 1. The molecule has 9 heteroatoms. The molecule has 2 aromatic heterocycles. The summed E-state index contributed by atoms with van der Waals surface area (Å²) in [6.07, 6.45) is 3.41. The monoisotopic (exact) mass is 473 g/mol. The van der Waals surface area contributed by atoms with E-state index in [4.69, 9.17) is 4.74 Å². The summed E-state index contributed by atoms with van der Waals surface area (Å²) in [4.78, 5) is 16.4. The van der Waals surface area contributed by atoms with Gasteiger partial charge in [0.1, 0.15) is 11.6 Å². The molecule has 0 saturated heterocycles. The summed E-state index contributed by atoms with van der Waals surface area (Å²) < 4.78 is 8.26. The second-order valence-corrected chi connectivity index (χ2v) is 7.72. The number of ether oxygens (including phenoxy) is 1. The maximum absolute atomic E-state index is 12.2. The Hall–Kier alpha value is -2.65. The highest BCUT2D eigenvalue weighted by Crippen LogP contribution is 2.26. The maximum Gasteiger partial charge on any atom is 0.236 e. The zero-order chi connectivity index (χ0) is 20.6. The third-order valence-corrected chi connectivity index (χ3v) is 5.22. The van der Waals surface area contributed by atoms with Gasteiger partial charge in [0.05, 0.1) is 12.4 Å². The van der Waals surface area contributed by atoms with Gasteiger partial charge in [-0.3, -0.25) is 9.36 Å². The van der Waals surface area contributed by atoms with Crippen LogP contribution < -0.4 is 10.1 Å². The molecule has 7 nitrogen and oxygen atoms in total. The summed E-state index contributed by atoms with van der Waals surface area (Å²) in [5, 5.41) is 12.0. The van der Waals surface area contributed by atoms with Crippen molar-refractivity contribution in [3.8, 4) is 17.1 Å². The summed E-state index contributed by atoms with van der Waals surface area (Å²) in [5.41, 5.74) is 0.915. The highest BCUT2D eigenvalue weighted by atomic mass is 79.9. The number of anilines is 1. The zero-order valence-corrected chi connectivity index (χ0v) is 18.2. The van der Waals surface area contributed by atoms with Crippen LogP contribution in [0.1, 0.15) is 6.92 Å². The van der Waals surface area contributed by atoms with Gasteiger partial charge in [-0.1, -0.05) is 17.8 Å². The number of nitrogens with one attached hydrogen (secondary N) is 1. The second kappa shape index (κ2) is 10.2. The number of amides is 1. The molecule has 1 aromatic carbocycles. The molecule has 0 radical (unpaired) electrons. The first kappa shape index (κ1) is 21.1. The Balaban J connectivity index is 1.70. The van der Waals surface area contributed by atoms with Crippen LogP contribution in [0.4, 0.5) is 5.82 Å². The second-order valence-electron chi connectivity index (χ2n) is 5.86. The highest BCUT2D eigenvalue weighted by Gasteiger charge is 2.15. The number of allylic oxidation sites excluding steroid dienone is 1. The first-order chi connectivity index (χ1) is 14.1. The highest BCUT2D eigenvalue weighted by molar-refractivity contribution is 9.10. The Morgan fingerprint density at radius 2 is 2.07 bits per heavy atom. The van der Waals surface area contributed by atoms with E-state index in [9.17, 15) is 4.79 Å². The molecule has 0 bridgehead atoms. The van der Waals surface area contributed by atoms with Crippen LogP contribution in [-0.2, 0) is 11.3 Å². The Labute approximate surface area is 181 Å². The van der Waals surface area contributed by atoms with Crippen LogP contribution in [0.3, 0.4) is 0 Å². The molecule has 3 rings (SSSR count). The van der Waals surface area contributed by atoms with Gasteiger partial charge in [0.15, 0.2) is 11.0 Å². The number of aromatic nitrogens is 4. The number of carbonyl (C=O) groups is 1. The first-order valence-corrected chi connectivity index (χ1v) is 10.7. The van der Waals surface area contributed by atoms with E-state index in [1.165, 1.54) is 11.8 Å². The number of hydrogen-bond donors (Lipinski definition) is 1. The Bertz CT molecular complexity index is 974. The molecule has 150 valence electrons. The van der Waals surface area contributed by atoms with Crippen molar-refractivity contribution < 1.29 is 9.53 Å². The fraction of sp³-hybridized carbons (Fsp3) is 0.200. The molecule has 3 aromatic rings. The summed E-state index contributed by atoms with van der Waals surface area (Å²) in [5.74, 6) is 2.04. The number of hydrogen-bond acceptors (Lipinski definition) is 6. The van der Waals surface area contributed by atoms with Gasteiger partial charge in [-0.2, -0.15) is 0 Å². The predicted octanol–water partition coefficient (Wildman–Crippen LogP) is 4.42. The molecule has 0 aliphatic rings.